The lowest BCUT2D eigenvalue weighted by molar-refractivity contribution is -0.00327. The molecule has 15 heavy (non-hydrogen) atoms. The molecule has 0 bridgehead atoms. The number of nitrogens with zero attached hydrogens (tertiary/aromatic N) is 1. The van der Waals surface area contributed by atoms with Gasteiger partial charge in [0.15, 0.2) is 0 Å². The Balaban J connectivity index is 1.72. The second kappa shape index (κ2) is 5.25. The third-order valence-corrected chi connectivity index (χ3v) is 3.64. The van der Waals surface area contributed by atoms with Gasteiger partial charge in [0.2, 0.25) is 0 Å². The van der Waals surface area contributed by atoms with Crippen molar-refractivity contribution < 1.29 is 4.74 Å². The molecule has 2 fully saturated rings. The van der Waals surface area contributed by atoms with Crippen molar-refractivity contribution >= 4 is 0 Å². The van der Waals surface area contributed by atoms with Crippen molar-refractivity contribution in [3.63, 3.8) is 0 Å². The highest BCUT2D eigenvalue weighted by molar-refractivity contribution is 4.83. The average Bonchev–Trinajstić information content (AvgIpc) is 2.63. The first-order valence-corrected chi connectivity index (χ1v) is 6.05. The van der Waals surface area contributed by atoms with Gasteiger partial charge >= 0.3 is 0 Å². The maximum atomic E-state index is 6.00. The van der Waals surface area contributed by atoms with Gasteiger partial charge in [-0.3, -0.25) is 0 Å². The number of ether oxygens (including phenoxy) is 1. The molecule has 0 amide bonds. The third-order valence-electron chi connectivity index (χ3n) is 3.64. The van der Waals surface area contributed by atoms with Crippen molar-refractivity contribution in [3.8, 4) is 0 Å². The minimum absolute atomic E-state index is 0.172. The van der Waals surface area contributed by atoms with Gasteiger partial charge in [0.1, 0.15) is 0 Å². The molecule has 4 heteroatoms. The minimum atomic E-state index is 0.172. The molecule has 2 aliphatic rings. The van der Waals surface area contributed by atoms with Crippen LogP contribution in [0.4, 0.5) is 0 Å². The summed E-state index contributed by atoms with van der Waals surface area (Å²) < 4.78 is 5.94. The minimum Gasteiger partial charge on any atom is -0.375 e. The summed E-state index contributed by atoms with van der Waals surface area (Å²) >= 11 is 0. The van der Waals surface area contributed by atoms with Gasteiger partial charge in [-0.25, -0.2) is 0 Å². The van der Waals surface area contributed by atoms with Crippen LogP contribution in [0.15, 0.2) is 0 Å². The number of nitrogens with one attached hydrogen (secondary N) is 1. The highest BCUT2D eigenvalue weighted by atomic mass is 16.5. The van der Waals surface area contributed by atoms with Gasteiger partial charge in [0.25, 0.3) is 0 Å². The molecule has 4 nitrogen and oxygen atoms in total. The van der Waals surface area contributed by atoms with E-state index in [1.54, 1.807) is 0 Å². The molecule has 2 rings (SSSR count). The normalized spacial score (nSPS) is 38.4. The van der Waals surface area contributed by atoms with E-state index in [1.807, 2.05) is 0 Å². The van der Waals surface area contributed by atoms with Crippen LogP contribution in [0, 0.1) is 0 Å². The lowest BCUT2D eigenvalue weighted by atomic mass is 10.0. The molecular formula is C11H23N3O. The Morgan fingerprint density at radius 3 is 3.00 bits per heavy atom. The number of hydrogen-bond donors (Lipinski definition) is 2. The summed E-state index contributed by atoms with van der Waals surface area (Å²) in [6, 6.07) is 0.789. The van der Waals surface area contributed by atoms with Gasteiger partial charge in [-0.2, -0.15) is 0 Å². The molecule has 0 aliphatic carbocycles. The van der Waals surface area contributed by atoms with E-state index >= 15 is 0 Å². The van der Waals surface area contributed by atoms with Gasteiger partial charge in [-0.1, -0.05) is 0 Å². The van der Waals surface area contributed by atoms with E-state index in [9.17, 15) is 0 Å². The van der Waals surface area contributed by atoms with E-state index in [0.717, 1.165) is 26.1 Å². The predicted molar refractivity (Wildman–Crippen MR) is 60.9 cm³/mol. The smallest absolute Gasteiger partial charge is 0.0751 e. The summed E-state index contributed by atoms with van der Waals surface area (Å²) in [5, 5.41) is 3.29. The monoisotopic (exact) mass is 213 g/mol. The van der Waals surface area contributed by atoms with Gasteiger partial charge < -0.3 is 20.7 Å². The van der Waals surface area contributed by atoms with Crippen LogP contribution in [0.25, 0.3) is 0 Å². The highest BCUT2D eigenvalue weighted by Gasteiger charge is 2.26. The summed E-state index contributed by atoms with van der Waals surface area (Å²) in [7, 11) is 2.18. The molecule has 3 atom stereocenters. The van der Waals surface area contributed by atoms with Crippen molar-refractivity contribution in [2.24, 2.45) is 5.73 Å². The standard InChI is InChI=1S/C11H23N3O/c1-14-6-2-3-9(14)8-15-11-4-5-13-7-10(11)12/h9-11,13H,2-8,12H2,1H3/t9-,10?,11?/m0/s1. The molecule has 2 unspecified atom stereocenters. The quantitative estimate of drug-likeness (QED) is 0.681. The molecule has 0 aromatic rings. The molecule has 2 aliphatic heterocycles. The summed E-state index contributed by atoms with van der Waals surface area (Å²) in [5.74, 6) is 0. The van der Waals surface area contributed by atoms with Gasteiger partial charge in [-0.15, -0.1) is 0 Å². The summed E-state index contributed by atoms with van der Waals surface area (Å²) in [4.78, 5) is 2.40. The first-order valence-electron chi connectivity index (χ1n) is 6.05. The number of piperidine rings is 1. The van der Waals surface area contributed by atoms with E-state index in [4.69, 9.17) is 10.5 Å². The maximum Gasteiger partial charge on any atom is 0.0751 e. The largest absolute Gasteiger partial charge is 0.375 e. The van der Waals surface area contributed by atoms with E-state index < -0.39 is 0 Å². The zero-order valence-corrected chi connectivity index (χ0v) is 9.61. The van der Waals surface area contributed by atoms with Crippen molar-refractivity contribution in [1.82, 2.24) is 10.2 Å². The lowest BCUT2D eigenvalue weighted by Crippen LogP contribution is -2.51. The van der Waals surface area contributed by atoms with Gasteiger partial charge in [0, 0.05) is 18.6 Å². The highest BCUT2D eigenvalue weighted by Crippen LogP contribution is 2.16. The van der Waals surface area contributed by atoms with Crippen molar-refractivity contribution in [2.45, 2.75) is 37.5 Å². The number of hydrogen-bond acceptors (Lipinski definition) is 4. The predicted octanol–water partition coefficient (Wildman–Crippen LogP) is -0.214. The molecule has 3 N–H and O–H groups in total. The van der Waals surface area contributed by atoms with Gasteiger partial charge in [-0.05, 0) is 39.4 Å². The van der Waals surface area contributed by atoms with Crippen LogP contribution in [0.5, 0.6) is 0 Å². The second-order valence-corrected chi connectivity index (χ2v) is 4.81. The van der Waals surface area contributed by atoms with E-state index in [2.05, 4.69) is 17.3 Å². The topological polar surface area (TPSA) is 50.5 Å². The zero-order chi connectivity index (χ0) is 10.7. The summed E-state index contributed by atoms with van der Waals surface area (Å²) in [6.07, 6.45) is 3.90. The van der Waals surface area contributed by atoms with Crippen LogP contribution >= 0.6 is 0 Å². The SMILES string of the molecule is CN1CCC[C@H]1COC1CCNCC1N. The molecule has 88 valence electrons. The van der Waals surface area contributed by atoms with E-state index in [-0.39, 0.29) is 12.1 Å². The number of likely N-dealkylation sites (tertiary alicyclic amines) is 1. The van der Waals surface area contributed by atoms with Crippen molar-refractivity contribution in [1.29, 1.82) is 0 Å². The lowest BCUT2D eigenvalue weighted by Gasteiger charge is -2.31. The van der Waals surface area contributed by atoms with E-state index in [0.29, 0.717) is 6.04 Å². The van der Waals surface area contributed by atoms with E-state index in [1.165, 1.54) is 19.4 Å². The molecule has 0 radical (unpaired) electrons. The first kappa shape index (κ1) is 11.3. The Bertz CT molecular complexity index is 200. The third kappa shape index (κ3) is 2.91. The Hall–Kier alpha value is -0.160. The van der Waals surface area contributed by atoms with Crippen LogP contribution in [0.1, 0.15) is 19.3 Å². The van der Waals surface area contributed by atoms with Gasteiger partial charge in [0.05, 0.1) is 12.7 Å². The fraction of sp³-hybridized carbons (Fsp3) is 1.00. The Kier molecular flexibility index (Phi) is 3.97. The average molecular weight is 213 g/mol. The number of nitrogens with two attached hydrogens (primary N) is 1. The summed E-state index contributed by atoms with van der Waals surface area (Å²) in [6.45, 7) is 4.01. The van der Waals surface area contributed by atoms with Crippen LogP contribution in [-0.4, -0.2) is 56.4 Å². The summed E-state index contributed by atoms with van der Waals surface area (Å²) in [5.41, 5.74) is 6.00. The molecule has 2 heterocycles. The molecular weight excluding hydrogens is 190 g/mol. The molecule has 0 aromatic heterocycles. The molecule has 0 aromatic carbocycles. The molecule has 0 saturated carbocycles. The second-order valence-electron chi connectivity index (χ2n) is 4.81. The Morgan fingerprint density at radius 1 is 1.47 bits per heavy atom. The fourth-order valence-corrected chi connectivity index (χ4v) is 2.49. The molecule has 0 spiro atoms. The Morgan fingerprint density at radius 2 is 2.33 bits per heavy atom. The Labute approximate surface area is 92.1 Å². The number of likely N-dealkylation sites (N-methyl/N-ethyl adjacent to an activating group) is 1. The van der Waals surface area contributed by atoms with Crippen molar-refractivity contribution in [2.75, 3.05) is 33.3 Å². The fourth-order valence-electron chi connectivity index (χ4n) is 2.49. The number of rotatable bonds is 3. The van der Waals surface area contributed by atoms with Crippen LogP contribution in [0.2, 0.25) is 0 Å². The first-order chi connectivity index (χ1) is 7.27. The molecule has 2 saturated heterocycles. The van der Waals surface area contributed by atoms with Crippen LogP contribution in [0.3, 0.4) is 0 Å². The zero-order valence-electron chi connectivity index (χ0n) is 9.61. The van der Waals surface area contributed by atoms with Crippen LogP contribution < -0.4 is 11.1 Å². The van der Waals surface area contributed by atoms with Crippen molar-refractivity contribution in [3.05, 3.63) is 0 Å². The van der Waals surface area contributed by atoms with Crippen LogP contribution in [-0.2, 0) is 4.74 Å². The maximum absolute atomic E-state index is 6.00.